The van der Waals surface area contributed by atoms with E-state index in [1.807, 2.05) is 65.3 Å². The van der Waals surface area contributed by atoms with Crippen molar-refractivity contribution in [2.75, 3.05) is 0 Å². The maximum absolute atomic E-state index is 6.41. The highest BCUT2D eigenvalue weighted by atomic mass is 127. The van der Waals surface area contributed by atoms with Gasteiger partial charge in [-0.3, -0.25) is 4.40 Å². The minimum Gasteiger partial charge on any atom is -0.284 e. The molecule has 0 radical (unpaired) electrons. The zero-order valence-corrected chi connectivity index (χ0v) is 17.1. The van der Waals surface area contributed by atoms with Crippen LogP contribution < -0.4 is 0 Å². The lowest BCUT2D eigenvalue weighted by Crippen LogP contribution is -1.86. The minimum atomic E-state index is 0.548. The second-order valence-electron chi connectivity index (χ2n) is 5.65. The van der Waals surface area contributed by atoms with E-state index >= 15 is 0 Å². The Morgan fingerprint density at radius 3 is 2.58 bits per heavy atom. The van der Waals surface area contributed by atoms with Crippen LogP contribution >= 0.6 is 45.8 Å². The number of nitrogens with zero attached hydrogens (tertiary/aromatic N) is 3. The molecule has 0 aliphatic carbocycles. The van der Waals surface area contributed by atoms with Crippen molar-refractivity contribution < 1.29 is 0 Å². The topological polar surface area (TPSA) is 29.7 Å². The van der Waals surface area contributed by atoms with E-state index in [1.54, 1.807) is 12.1 Å². The fourth-order valence-corrected chi connectivity index (χ4v) is 3.51. The van der Waals surface area contributed by atoms with Crippen LogP contribution in [0.4, 0.5) is 5.82 Å². The second-order valence-corrected chi connectivity index (χ2v) is 7.74. The SMILES string of the molecule is Clc1ccc(-c2nc3ccccn3c2/N=C/c2ccc(I)cc2)c(Cl)c1. The van der Waals surface area contributed by atoms with Gasteiger partial charge in [-0.15, -0.1) is 0 Å². The summed E-state index contributed by atoms with van der Waals surface area (Å²) in [5.74, 6) is 0.725. The molecule has 0 spiro atoms. The highest BCUT2D eigenvalue weighted by Gasteiger charge is 2.15. The molecular formula is C20H12Cl2IN3. The number of rotatable bonds is 3. The maximum atomic E-state index is 6.41. The average molecular weight is 492 g/mol. The number of aliphatic imine (C=N–C) groups is 1. The molecule has 2 aromatic carbocycles. The third-order valence-electron chi connectivity index (χ3n) is 3.90. The summed E-state index contributed by atoms with van der Waals surface area (Å²) in [6, 6.07) is 19.4. The van der Waals surface area contributed by atoms with Crippen LogP contribution in [0.3, 0.4) is 0 Å². The number of benzene rings is 2. The zero-order chi connectivity index (χ0) is 18.1. The van der Waals surface area contributed by atoms with E-state index in [-0.39, 0.29) is 0 Å². The summed E-state index contributed by atoms with van der Waals surface area (Å²) in [4.78, 5) is 9.44. The minimum absolute atomic E-state index is 0.548. The number of hydrogen-bond donors (Lipinski definition) is 0. The summed E-state index contributed by atoms with van der Waals surface area (Å²) in [6.07, 6.45) is 3.77. The molecule has 2 heterocycles. The molecule has 26 heavy (non-hydrogen) atoms. The first-order valence-corrected chi connectivity index (χ1v) is 9.67. The Morgan fingerprint density at radius 1 is 1.00 bits per heavy atom. The van der Waals surface area contributed by atoms with Gasteiger partial charge in [0.1, 0.15) is 11.3 Å². The summed E-state index contributed by atoms with van der Waals surface area (Å²) >= 11 is 14.7. The Kier molecular flexibility index (Phi) is 4.98. The van der Waals surface area contributed by atoms with Crippen molar-refractivity contribution >= 4 is 63.5 Å². The molecule has 2 aromatic heterocycles. The molecule has 4 rings (SSSR count). The van der Waals surface area contributed by atoms with E-state index in [0.717, 1.165) is 28.3 Å². The highest BCUT2D eigenvalue weighted by molar-refractivity contribution is 14.1. The number of halogens is 3. The van der Waals surface area contributed by atoms with Crippen LogP contribution in [0, 0.1) is 3.57 Å². The zero-order valence-electron chi connectivity index (χ0n) is 13.4. The van der Waals surface area contributed by atoms with Crippen LogP contribution in [0.15, 0.2) is 71.9 Å². The van der Waals surface area contributed by atoms with Crippen LogP contribution in [-0.4, -0.2) is 15.6 Å². The quantitative estimate of drug-likeness (QED) is 0.232. The number of aromatic nitrogens is 2. The molecule has 0 aliphatic heterocycles. The monoisotopic (exact) mass is 491 g/mol. The van der Waals surface area contributed by atoms with E-state index in [4.69, 9.17) is 33.2 Å². The van der Waals surface area contributed by atoms with Crippen molar-refractivity contribution in [1.82, 2.24) is 9.38 Å². The Labute approximate surface area is 174 Å². The van der Waals surface area contributed by atoms with Crippen LogP contribution in [0.25, 0.3) is 16.9 Å². The van der Waals surface area contributed by atoms with Gasteiger partial charge in [0.15, 0.2) is 5.82 Å². The first-order chi connectivity index (χ1) is 12.6. The molecular weight excluding hydrogens is 480 g/mol. The number of fused-ring (bicyclic) bond motifs is 1. The molecule has 0 N–H and O–H groups in total. The predicted octanol–water partition coefficient (Wildman–Crippen LogP) is 6.66. The number of pyridine rings is 1. The van der Waals surface area contributed by atoms with E-state index in [1.165, 1.54) is 3.57 Å². The second kappa shape index (κ2) is 7.39. The number of imidazole rings is 1. The van der Waals surface area contributed by atoms with Crippen molar-refractivity contribution in [3.63, 3.8) is 0 Å². The molecule has 4 aromatic rings. The molecule has 6 heteroatoms. The van der Waals surface area contributed by atoms with Gasteiger partial charge in [-0.1, -0.05) is 41.4 Å². The van der Waals surface area contributed by atoms with Gasteiger partial charge >= 0.3 is 0 Å². The third kappa shape index (κ3) is 3.49. The van der Waals surface area contributed by atoms with Crippen LogP contribution in [0.2, 0.25) is 10.0 Å². The van der Waals surface area contributed by atoms with Crippen molar-refractivity contribution in [2.24, 2.45) is 4.99 Å². The molecule has 0 aliphatic rings. The lowest BCUT2D eigenvalue weighted by Gasteiger charge is -2.03. The standard InChI is InChI=1S/C20H12Cl2IN3/c21-14-6-9-16(17(22)11-14)19-20(26-10-2-1-3-18(26)25-19)24-12-13-4-7-15(23)8-5-13/h1-12H/b24-12+. The Morgan fingerprint density at radius 2 is 1.81 bits per heavy atom. The van der Waals surface area contributed by atoms with Gasteiger partial charge in [-0.05, 0) is 70.6 Å². The summed E-state index contributed by atoms with van der Waals surface area (Å²) in [5.41, 5.74) is 3.35. The molecule has 0 atom stereocenters. The van der Waals surface area contributed by atoms with Crippen LogP contribution in [0.5, 0.6) is 0 Å². The first kappa shape index (κ1) is 17.5. The molecule has 0 bridgehead atoms. The molecule has 0 amide bonds. The van der Waals surface area contributed by atoms with Gasteiger partial charge in [0.05, 0.1) is 5.02 Å². The molecule has 0 saturated carbocycles. The summed E-state index contributed by atoms with van der Waals surface area (Å²) in [6.45, 7) is 0. The molecule has 128 valence electrons. The van der Waals surface area contributed by atoms with Gasteiger partial charge in [0, 0.05) is 26.6 Å². The molecule has 0 saturated heterocycles. The lowest BCUT2D eigenvalue weighted by molar-refractivity contribution is 1.17. The van der Waals surface area contributed by atoms with E-state index in [0.29, 0.717) is 10.0 Å². The summed E-state index contributed by atoms with van der Waals surface area (Å²) < 4.78 is 3.13. The Hall–Kier alpha value is -1.89. The van der Waals surface area contributed by atoms with Crippen molar-refractivity contribution in [3.05, 3.63) is 86.0 Å². The molecule has 3 nitrogen and oxygen atoms in total. The van der Waals surface area contributed by atoms with Gasteiger partial charge in [0.2, 0.25) is 0 Å². The Balaban J connectivity index is 1.88. The first-order valence-electron chi connectivity index (χ1n) is 7.84. The predicted molar refractivity (Wildman–Crippen MR) is 117 cm³/mol. The fraction of sp³-hybridized carbons (Fsp3) is 0. The lowest BCUT2D eigenvalue weighted by atomic mass is 10.1. The number of hydrogen-bond acceptors (Lipinski definition) is 2. The smallest absolute Gasteiger partial charge is 0.165 e. The van der Waals surface area contributed by atoms with Crippen molar-refractivity contribution in [2.45, 2.75) is 0 Å². The van der Waals surface area contributed by atoms with Gasteiger partial charge in [-0.2, -0.15) is 0 Å². The molecule has 0 unspecified atom stereocenters. The van der Waals surface area contributed by atoms with Gasteiger partial charge < -0.3 is 0 Å². The van der Waals surface area contributed by atoms with Crippen LogP contribution in [-0.2, 0) is 0 Å². The highest BCUT2D eigenvalue weighted by Crippen LogP contribution is 2.36. The van der Waals surface area contributed by atoms with E-state index in [2.05, 4.69) is 22.6 Å². The van der Waals surface area contributed by atoms with Crippen molar-refractivity contribution in [1.29, 1.82) is 0 Å². The van der Waals surface area contributed by atoms with Crippen molar-refractivity contribution in [3.8, 4) is 11.3 Å². The van der Waals surface area contributed by atoms with Gasteiger partial charge in [0.25, 0.3) is 0 Å². The maximum Gasteiger partial charge on any atom is 0.165 e. The summed E-state index contributed by atoms with van der Waals surface area (Å²) in [5, 5.41) is 1.14. The van der Waals surface area contributed by atoms with E-state index in [9.17, 15) is 0 Å². The van der Waals surface area contributed by atoms with Crippen LogP contribution in [0.1, 0.15) is 5.56 Å². The van der Waals surface area contributed by atoms with E-state index < -0.39 is 0 Å². The summed E-state index contributed by atoms with van der Waals surface area (Å²) in [7, 11) is 0. The Bertz CT molecular complexity index is 1120. The molecule has 0 fully saturated rings. The third-order valence-corrected chi connectivity index (χ3v) is 5.16. The largest absolute Gasteiger partial charge is 0.284 e. The van der Waals surface area contributed by atoms with Gasteiger partial charge in [-0.25, -0.2) is 9.98 Å². The normalized spacial score (nSPS) is 11.5. The fourth-order valence-electron chi connectivity index (χ4n) is 2.65. The average Bonchev–Trinajstić information content (AvgIpc) is 2.99.